The Balaban J connectivity index is 1.55. The van der Waals surface area contributed by atoms with E-state index in [0.29, 0.717) is 36.5 Å². The van der Waals surface area contributed by atoms with Crippen molar-refractivity contribution in [2.24, 2.45) is 5.92 Å². The summed E-state index contributed by atoms with van der Waals surface area (Å²) in [6, 6.07) is 15.2. The molecule has 0 spiro atoms. The number of amides is 4. The molecule has 2 aliphatic heterocycles. The highest BCUT2D eigenvalue weighted by Gasteiger charge is 2.56. The Kier molecular flexibility index (Phi) is 7.52. The highest BCUT2D eigenvalue weighted by molar-refractivity contribution is 6.42. The van der Waals surface area contributed by atoms with E-state index in [9.17, 15) is 19.2 Å². The van der Waals surface area contributed by atoms with Gasteiger partial charge >= 0.3 is 6.03 Å². The zero-order valence-electron chi connectivity index (χ0n) is 19.5. The fourth-order valence-electron chi connectivity index (χ4n) is 4.95. The van der Waals surface area contributed by atoms with Gasteiger partial charge in [-0.15, -0.1) is 0 Å². The highest BCUT2D eigenvalue weighted by Crippen LogP contribution is 2.37. The molecule has 1 unspecified atom stereocenters. The van der Waals surface area contributed by atoms with Crippen LogP contribution in [-0.4, -0.2) is 72.3 Å². The van der Waals surface area contributed by atoms with Crippen molar-refractivity contribution >= 4 is 35.2 Å². The third kappa shape index (κ3) is 4.94. The van der Waals surface area contributed by atoms with Crippen molar-refractivity contribution < 1.29 is 23.9 Å². The molecular formula is C26H28ClN3O5. The van der Waals surface area contributed by atoms with Gasteiger partial charge in [-0.05, 0) is 30.4 Å². The predicted molar refractivity (Wildman–Crippen MR) is 130 cm³/mol. The Bertz CT molecular complexity index is 1120. The van der Waals surface area contributed by atoms with Gasteiger partial charge in [-0.1, -0.05) is 60.1 Å². The molecule has 4 amide bonds. The van der Waals surface area contributed by atoms with Crippen LogP contribution in [0, 0.1) is 5.92 Å². The molecule has 2 aliphatic rings. The number of hydrogen-bond donors (Lipinski definition) is 1. The number of ether oxygens (including phenoxy) is 1. The first kappa shape index (κ1) is 24.9. The molecule has 2 aromatic rings. The van der Waals surface area contributed by atoms with Gasteiger partial charge in [-0.3, -0.25) is 19.3 Å². The van der Waals surface area contributed by atoms with Gasteiger partial charge in [-0.2, -0.15) is 0 Å². The van der Waals surface area contributed by atoms with Crippen LogP contribution < -0.4 is 5.32 Å². The lowest BCUT2D eigenvalue weighted by Crippen LogP contribution is -2.58. The highest BCUT2D eigenvalue weighted by atomic mass is 35.5. The van der Waals surface area contributed by atoms with Crippen LogP contribution in [-0.2, 0) is 20.7 Å². The van der Waals surface area contributed by atoms with E-state index in [0.717, 1.165) is 5.56 Å². The zero-order valence-corrected chi connectivity index (χ0v) is 20.3. The minimum atomic E-state index is -1.19. The number of hydrogen-bond acceptors (Lipinski definition) is 5. The maximum atomic E-state index is 13.7. The fourth-order valence-corrected chi connectivity index (χ4v) is 5.15. The van der Waals surface area contributed by atoms with Crippen LogP contribution in [0.1, 0.15) is 28.8 Å². The number of halogens is 1. The van der Waals surface area contributed by atoms with E-state index in [1.165, 1.54) is 16.9 Å². The standard InChI is InChI=1S/C26H28ClN3O5/c1-35-16-15-30-24(33)26(28-25(30)34,17-19-9-5-6-10-21(19)27)20-11-13-29(14-12-20)23(32)22(31)18-7-3-2-4-8-18/h2-10,20H,11-17H2,1H3,(H,28,34). The molecule has 2 saturated heterocycles. The van der Waals surface area contributed by atoms with Gasteiger partial charge in [0.15, 0.2) is 0 Å². The van der Waals surface area contributed by atoms with Gasteiger partial charge in [0.1, 0.15) is 5.54 Å². The first-order valence-corrected chi connectivity index (χ1v) is 12.0. The molecule has 9 heteroatoms. The van der Waals surface area contributed by atoms with Crippen LogP contribution in [0.5, 0.6) is 0 Å². The third-order valence-corrected chi connectivity index (χ3v) is 7.23. The number of likely N-dealkylation sites (tertiary alicyclic amines) is 1. The number of nitrogens with zero attached hydrogens (tertiary/aromatic N) is 2. The normalized spacial score (nSPS) is 20.7. The van der Waals surface area contributed by atoms with E-state index >= 15 is 0 Å². The Morgan fingerprint density at radius 2 is 1.71 bits per heavy atom. The van der Waals surface area contributed by atoms with E-state index in [4.69, 9.17) is 16.3 Å². The molecular weight excluding hydrogens is 470 g/mol. The summed E-state index contributed by atoms with van der Waals surface area (Å²) >= 11 is 6.42. The summed E-state index contributed by atoms with van der Waals surface area (Å²) in [5.41, 5.74) is -0.0787. The minimum Gasteiger partial charge on any atom is -0.383 e. The summed E-state index contributed by atoms with van der Waals surface area (Å²) in [5, 5.41) is 3.49. The lowest BCUT2D eigenvalue weighted by molar-refractivity contribution is -0.135. The molecule has 1 atom stereocenters. The minimum absolute atomic E-state index is 0.147. The van der Waals surface area contributed by atoms with Crippen LogP contribution in [0.3, 0.4) is 0 Å². The van der Waals surface area contributed by atoms with Crippen molar-refractivity contribution in [3.63, 3.8) is 0 Å². The number of urea groups is 1. The quantitative estimate of drug-likeness (QED) is 0.343. The molecule has 35 heavy (non-hydrogen) atoms. The van der Waals surface area contributed by atoms with Crippen LogP contribution in [0.4, 0.5) is 4.79 Å². The number of ketones is 1. The van der Waals surface area contributed by atoms with Gasteiger partial charge in [0.25, 0.3) is 11.8 Å². The van der Waals surface area contributed by atoms with Crippen molar-refractivity contribution in [2.75, 3.05) is 33.4 Å². The monoisotopic (exact) mass is 497 g/mol. The SMILES string of the molecule is COCCN1C(=O)NC(Cc2ccccc2Cl)(C2CCN(C(=O)C(=O)c3ccccc3)CC2)C1=O. The third-order valence-electron chi connectivity index (χ3n) is 6.86. The number of carbonyl (C=O) groups is 4. The Labute approximate surface area is 209 Å². The second-order valence-corrected chi connectivity index (χ2v) is 9.29. The number of rotatable bonds is 8. The van der Waals surface area contributed by atoms with E-state index in [1.807, 2.05) is 18.2 Å². The van der Waals surface area contributed by atoms with Crippen LogP contribution in [0.15, 0.2) is 54.6 Å². The van der Waals surface area contributed by atoms with Gasteiger partial charge in [0.2, 0.25) is 5.78 Å². The predicted octanol–water partition coefficient (Wildman–Crippen LogP) is 2.94. The molecule has 0 bridgehead atoms. The number of methoxy groups -OCH3 is 1. The maximum Gasteiger partial charge on any atom is 0.325 e. The number of Topliss-reactive ketones (excluding diaryl/α,β-unsaturated/α-hetero) is 1. The molecule has 0 aromatic heterocycles. The summed E-state index contributed by atoms with van der Waals surface area (Å²) in [4.78, 5) is 54.7. The molecule has 184 valence electrons. The molecule has 2 heterocycles. The summed E-state index contributed by atoms with van der Waals surface area (Å²) in [7, 11) is 1.51. The van der Waals surface area contributed by atoms with Crippen LogP contribution in [0.25, 0.3) is 0 Å². The Hall–Kier alpha value is -3.23. The summed E-state index contributed by atoms with van der Waals surface area (Å²) in [6.07, 6.45) is 1.16. The fraction of sp³-hybridized carbons (Fsp3) is 0.385. The number of nitrogens with one attached hydrogen (secondary N) is 1. The zero-order chi connectivity index (χ0) is 25.0. The van der Waals surface area contributed by atoms with E-state index < -0.39 is 23.3 Å². The van der Waals surface area contributed by atoms with Crippen molar-refractivity contribution in [3.05, 3.63) is 70.7 Å². The number of piperidine rings is 1. The summed E-state index contributed by atoms with van der Waals surface area (Å²) < 4.78 is 5.08. The Morgan fingerprint density at radius 1 is 1.06 bits per heavy atom. The Morgan fingerprint density at radius 3 is 2.37 bits per heavy atom. The molecule has 1 N–H and O–H groups in total. The van der Waals surface area contributed by atoms with Crippen molar-refractivity contribution in [1.82, 2.24) is 15.1 Å². The van der Waals surface area contributed by atoms with E-state index in [2.05, 4.69) is 5.32 Å². The first-order valence-electron chi connectivity index (χ1n) is 11.6. The maximum absolute atomic E-state index is 13.7. The molecule has 2 aromatic carbocycles. The van der Waals surface area contributed by atoms with Crippen molar-refractivity contribution in [1.29, 1.82) is 0 Å². The lowest BCUT2D eigenvalue weighted by atomic mass is 9.73. The molecule has 0 aliphatic carbocycles. The lowest BCUT2D eigenvalue weighted by Gasteiger charge is -2.41. The largest absolute Gasteiger partial charge is 0.383 e. The molecule has 2 fully saturated rings. The number of carbonyl (C=O) groups excluding carboxylic acids is 4. The second kappa shape index (κ2) is 10.6. The molecule has 4 rings (SSSR count). The smallest absolute Gasteiger partial charge is 0.325 e. The first-order chi connectivity index (χ1) is 16.9. The average Bonchev–Trinajstić information content (AvgIpc) is 3.13. The summed E-state index contributed by atoms with van der Waals surface area (Å²) in [5.74, 6) is -1.66. The average molecular weight is 498 g/mol. The van der Waals surface area contributed by atoms with Crippen LogP contribution in [0.2, 0.25) is 5.02 Å². The van der Waals surface area contributed by atoms with Gasteiger partial charge in [0.05, 0.1) is 13.2 Å². The summed E-state index contributed by atoms with van der Waals surface area (Å²) in [6.45, 7) is 1.01. The topological polar surface area (TPSA) is 96.0 Å². The van der Waals surface area contributed by atoms with Gasteiger partial charge < -0.3 is 15.0 Å². The van der Waals surface area contributed by atoms with Gasteiger partial charge in [0, 0.05) is 37.2 Å². The van der Waals surface area contributed by atoms with Crippen molar-refractivity contribution in [2.45, 2.75) is 24.8 Å². The van der Waals surface area contributed by atoms with E-state index in [-0.39, 0.29) is 31.4 Å². The number of imide groups is 1. The van der Waals surface area contributed by atoms with Gasteiger partial charge in [-0.25, -0.2) is 4.79 Å². The second-order valence-electron chi connectivity index (χ2n) is 8.88. The molecule has 0 saturated carbocycles. The van der Waals surface area contributed by atoms with Crippen molar-refractivity contribution in [3.8, 4) is 0 Å². The molecule has 8 nitrogen and oxygen atoms in total. The number of benzene rings is 2. The van der Waals surface area contributed by atoms with E-state index in [1.54, 1.807) is 36.4 Å². The van der Waals surface area contributed by atoms with Crippen LogP contribution >= 0.6 is 11.6 Å². The molecule has 0 radical (unpaired) electrons.